The van der Waals surface area contributed by atoms with Crippen LogP contribution in [0.15, 0.2) is 12.2 Å². The normalized spacial score (nSPS) is 10.3. The van der Waals surface area contributed by atoms with Gasteiger partial charge < -0.3 is 15.2 Å². The number of ether oxygens (including phenoxy) is 1. The SMILES string of the molecule is COC(=O)C=CC(=O)NCCCCCO. The fraction of sp³-hybridized carbons (Fsp3) is 0.600. The van der Waals surface area contributed by atoms with Crippen molar-refractivity contribution in [3.63, 3.8) is 0 Å². The molecule has 0 aliphatic rings. The zero-order chi connectivity index (χ0) is 11.5. The molecule has 0 aliphatic heterocycles. The molecule has 86 valence electrons. The maximum absolute atomic E-state index is 11.0. The summed E-state index contributed by atoms with van der Waals surface area (Å²) in [7, 11) is 1.25. The van der Waals surface area contributed by atoms with Gasteiger partial charge in [-0.1, -0.05) is 0 Å². The van der Waals surface area contributed by atoms with E-state index in [4.69, 9.17) is 5.11 Å². The number of aliphatic hydroxyl groups excluding tert-OH is 1. The molecule has 0 heterocycles. The molecule has 0 rings (SSSR count). The summed E-state index contributed by atoms with van der Waals surface area (Å²) in [5, 5.41) is 11.1. The lowest BCUT2D eigenvalue weighted by Crippen LogP contribution is -2.22. The first kappa shape index (κ1) is 13.6. The van der Waals surface area contributed by atoms with Gasteiger partial charge in [-0.15, -0.1) is 0 Å². The quantitative estimate of drug-likeness (QED) is 0.356. The van der Waals surface area contributed by atoms with Crippen molar-refractivity contribution in [2.45, 2.75) is 19.3 Å². The van der Waals surface area contributed by atoms with Crippen molar-refractivity contribution >= 4 is 11.9 Å². The van der Waals surface area contributed by atoms with E-state index in [9.17, 15) is 9.59 Å². The summed E-state index contributed by atoms with van der Waals surface area (Å²) in [5.41, 5.74) is 0. The zero-order valence-corrected chi connectivity index (χ0v) is 8.86. The smallest absolute Gasteiger partial charge is 0.330 e. The van der Waals surface area contributed by atoms with Crippen LogP contribution in [0.1, 0.15) is 19.3 Å². The number of amides is 1. The molecule has 0 fully saturated rings. The molecule has 0 spiro atoms. The molecule has 5 heteroatoms. The molecule has 0 radical (unpaired) electrons. The average Bonchev–Trinajstić information content (AvgIpc) is 2.25. The van der Waals surface area contributed by atoms with Crippen LogP contribution in [0, 0.1) is 0 Å². The number of rotatable bonds is 7. The third-order valence-corrected chi connectivity index (χ3v) is 1.71. The van der Waals surface area contributed by atoms with E-state index in [0.29, 0.717) is 6.54 Å². The van der Waals surface area contributed by atoms with Gasteiger partial charge in [0.2, 0.25) is 5.91 Å². The van der Waals surface area contributed by atoms with Crippen molar-refractivity contribution in [1.82, 2.24) is 5.32 Å². The molecule has 5 nitrogen and oxygen atoms in total. The number of methoxy groups -OCH3 is 1. The highest BCUT2D eigenvalue weighted by molar-refractivity contribution is 5.94. The van der Waals surface area contributed by atoms with Gasteiger partial charge in [-0.05, 0) is 19.3 Å². The first-order valence-corrected chi connectivity index (χ1v) is 4.85. The number of hydrogen-bond acceptors (Lipinski definition) is 4. The lowest BCUT2D eigenvalue weighted by Gasteiger charge is -2.00. The van der Waals surface area contributed by atoms with E-state index in [0.717, 1.165) is 31.4 Å². The summed E-state index contributed by atoms with van der Waals surface area (Å²) >= 11 is 0. The van der Waals surface area contributed by atoms with Gasteiger partial charge in [-0.3, -0.25) is 4.79 Å². The third kappa shape index (κ3) is 8.96. The Kier molecular flexibility index (Phi) is 8.37. The van der Waals surface area contributed by atoms with Gasteiger partial charge in [0, 0.05) is 25.3 Å². The predicted octanol–water partition coefficient (Wildman–Crippen LogP) is -0.00560. The Labute approximate surface area is 89.1 Å². The molecule has 0 aromatic carbocycles. The molecule has 0 unspecified atom stereocenters. The second-order valence-corrected chi connectivity index (χ2v) is 2.93. The number of unbranched alkanes of at least 4 members (excludes halogenated alkanes) is 2. The molecule has 15 heavy (non-hydrogen) atoms. The minimum absolute atomic E-state index is 0.177. The Balaban J connectivity index is 3.49. The van der Waals surface area contributed by atoms with Crippen LogP contribution < -0.4 is 5.32 Å². The Morgan fingerprint density at radius 1 is 1.27 bits per heavy atom. The number of hydrogen-bond donors (Lipinski definition) is 2. The third-order valence-electron chi connectivity index (χ3n) is 1.71. The number of nitrogens with one attached hydrogen (secondary N) is 1. The number of esters is 1. The highest BCUT2D eigenvalue weighted by atomic mass is 16.5. The highest BCUT2D eigenvalue weighted by Crippen LogP contribution is 1.91. The molecule has 0 aromatic rings. The molecule has 0 aromatic heterocycles. The van der Waals surface area contributed by atoms with Gasteiger partial charge in [0.1, 0.15) is 0 Å². The molecular weight excluding hydrogens is 198 g/mol. The molecule has 0 saturated carbocycles. The largest absolute Gasteiger partial charge is 0.466 e. The van der Waals surface area contributed by atoms with E-state index in [1.54, 1.807) is 0 Å². The lowest BCUT2D eigenvalue weighted by molar-refractivity contribution is -0.135. The molecule has 2 N–H and O–H groups in total. The second kappa shape index (κ2) is 9.21. The summed E-state index contributed by atoms with van der Waals surface area (Å²) < 4.78 is 4.32. The Bertz CT molecular complexity index is 225. The minimum Gasteiger partial charge on any atom is -0.466 e. The fourth-order valence-electron chi connectivity index (χ4n) is 0.896. The average molecular weight is 215 g/mol. The van der Waals surface area contributed by atoms with Gasteiger partial charge in [0.05, 0.1) is 7.11 Å². The van der Waals surface area contributed by atoms with Crippen LogP contribution in [0.25, 0.3) is 0 Å². The van der Waals surface area contributed by atoms with Crippen molar-refractivity contribution in [2.24, 2.45) is 0 Å². The number of carbonyl (C=O) groups is 2. The highest BCUT2D eigenvalue weighted by Gasteiger charge is 1.96. The summed E-state index contributed by atoms with van der Waals surface area (Å²) in [5.74, 6) is -0.866. The monoisotopic (exact) mass is 215 g/mol. The summed E-state index contributed by atoms with van der Waals surface area (Å²) in [4.78, 5) is 21.7. The van der Waals surface area contributed by atoms with Crippen molar-refractivity contribution in [3.8, 4) is 0 Å². The van der Waals surface area contributed by atoms with Crippen molar-refractivity contribution < 1.29 is 19.4 Å². The van der Waals surface area contributed by atoms with Crippen molar-refractivity contribution in [2.75, 3.05) is 20.3 Å². The Morgan fingerprint density at radius 3 is 2.60 bits per heavy atom. The molecule has 0 atom stereocenters. The Hall–Kier alpha value is -1.36. The maximum atomic E-state index is 11.0. The number of aliphatic hydroxyl groups is 1. The van der Waals surface area contributed by atoms with Crippen LogP contribution in [0.5, 0.6) is 0 Å². The van der Waals surface area contributed by atoms with Crippen LogP contribution in [0.2, 0.25) is 0 Å². The molecule has 1 amide bonds. The fourth-order valence-corrected chi connectivity index (χ4v) is 0.896. The van der Waals surface area contributed by atoms with Gasteiger partial charge in [-0.25, -0.2) is 4.79 Å². The lowest BCUT2D eigenvalue weighted by atomic mass is 10.2. The second-order valence-electron chi connectivity index (χ2n) is 2.93. The summed E-state index contributed by atoms with van der Waals surface area (Å²) in [6, 6.07) is 0. The van der Waals surface area contributed by atoms with E-state index in [2.05, 4.69) is 10.1 Å². The number of carbonyl (C=O) groups excluding carboxylic acids is 2. The van der Waals surface area contributed by atoms with Gasteiger partial charge in [0.25, 0.3) is 0 Å². The standard InChI is InChI=1S/C10H17NO4/c1-15-10(14)6-5-9(13)11-7-3-2-4-8-12/h5-6,12H,2-4,7-8H2,1H3,(H,11,13). The molecule has 0 saturated heterocycles. The van der Waals surface area contributed by atoms with Crippen LogP contribution in [-0.4, -0.2) is 37.2 Å². The first-order valence-electron chi connectivity index (χ1n) is 4.85. The topological polar surface area (TPSA) is 75.6 Å². The minimum atomic E-state index is -0.551. The van der Waals surface area contributed by atoms with E-state index >= 15 is 0 Å². The Morgan fingerprint density at radius 2 is 2.00 bits per heavy atom. The zero-order valence-electron chi connectivity index (χ0n) is 8.86. The first-order chi connectivity index (χ1) is 7.20. The molecular formula is C10H17NO4. The van der Waals surface area contributed by atoms with Gasteiger partial charge in [0.15, 0.2) is 0 Å². The molecule has 0 bridgehead atoms. The summed E-state index contributed by atoms with van der Waals surface area (Å²) in [6.45, 7) is 0.723. The van der Waals surface area contributed by atoms with Gasteiger partial charge >= 0.3 is 5.97 Å². The maximum Gasteiger partial charge on any atom is 0.330 e. The van der Waals surface area contributed by atoms with Crippen molar-refractivity contribution in [3.05, 3.63) is 12.2 Å². The van der Waals surface area contributed by atoms with Crippen LogP contribution in [0.4, 0.5) is 0 Å². The van der Waals surface area contributed by atoms with Crippen molar-refractivity contribution in [1.29, 1.82) is 0 Å². The van der Waals surface area contributed by atoms with E-state index < -0.39 is 5.97 Å². The summed E-state index contributed by atoms with van der Waals surface area (Å²) in [6.07, 6.45) is 4.64. The molecule has 0 aliphatic carbocycles. The van der Waals surface area contributed by atoms with Crippen LogP contribution in [0.3, 0.4) is 0 Å². The van der Waals surface area contributed by atoms with E-state index in [1.807, 2.05) is 0 Å². The van der Waals surface area contributed by atoms with E-state index in [1.165, 1.54) is 7.11 Å². The predicted molar refractivity (Wildman–Crippen MR) is 55.1 cm³/mol. The van der Waals surface area contributed by atoms with Crippen LogP contribution in [-0.2, 0) is 14.3 Å². The van der Waals surface area contributed by atoms with Gasteiger partial charge in [-0.2, -0.15) is 0 Å². The van der Waals surface area contributed by atoms with E-state index in [-0.39, 0.29) is 12.5 Å². The van der Waals surface area contributed by atoms with Crippen LogP contribution >= 0.6 is 0 Å².